The van der Waals surface area contributed by atoms with Gasteiger partial charge >= 0.3 is 0 Å². The number of likely N-dealkylation sites (tertiary alicyclic amines) is 1. The average molecular weight is 529 g/mol. The van der Waals surface area contributed by atoms with E-state index >= 15 is 0 Å². The molecular weight excluding hydrogens is 495 g/mol. The van der Waals surface area contributed by atoms with Crippen LogP contribution in [0.1, 0.15) is 41.0 Å². The Kier molecular flexibility index (Phi) is 10.3. The SMILES string of the molecule is CCNC(=NCCc1sc(C)nc1C)NC1CCN(Cc2ccccn2)CC1.I. The first-order valence-corrected chi connectivity index (χ1v) is 11.1. The number of aliphatic imine (C=N–C) groups is 1. The summed E-state index contributed by atoms with van der Waals surface area (Å²) in [5.74, 6) is 0.935. The van der Waals surface area contributed by atoms with Crippen molar-refractivity contribution < 1.29 is 0 Å². The van der Waals surface area contributed by atoms with Crippen LogP contribution in [0.2, 0.25) is 0 Å². The number of nitrogens with zero attached hydrogens (tertiary/aromatic N) is 4. The highest BCUT2D eigenvalue weighted by atomic mass is 127. The van der Waals surface area contributed by atoms with Crippen molar-refractivity contribution in [1.29, 1.82) is 0 Å². The van der Waals surface area contributed by atoms with Gasteiger partial charge in [-0.3, -0.25) is 14.9 Å². The summed E-state index contributed by atoms with van der Waals surface area (Å²) in [5, 5.41) is 8.16. The molecule has 6 nitrogen and oxygen atoms in total. The smallest absolute Gasteiger partial charge is 0.191 e. The van der Waals surface area contributed by atoms with Crippen LogP contribution >= 0.6 is 35.3 Å². The Morgan fingerprint density at radius 3 is 2.69 bits per heavy atom. The van der Waals surface area contributed by atoms with Crippen molar-refractivity contribution in [2.24, 2.45) is 4.99 Å². The van der Waals surface area contributed by atoms with Crippen molar-refractivity contribution in [3.8, 4) is 0 Å². The maximum Gasteiger partial charge on any atom is 0.191 e. The molecule has 2 N–H and O–H groups in total. The molecule has 1 saturated heterocycles. The van der Waals surface area contributed by atoms with Gasteiger partial charge in [0.2, 0.25) is 0 Å². The second kappa shape index (κ2) is 12.4. The van der Waals surface area contributed by atoms with Gasteiger partial charge < -0.3 is 10.6 Å². The van der Waals surface area contributed by atoms with Crippen molar-refractivity contribution in [2.45, 2.75) is 52.6 Å². The molecule has 0 spiro atoms. The van der Waals surface area contributed by atoms with Crippen LogP contribution in [0.15, 0.2) is 29.4 Å². The van der Waals surface area contributed by atoms with Crippen LogP contribution in [-0.2, 0) is 13.0 Å². The standard InChI is InChI=1S/C21H32N6S.HI/c1-4-22-21(24-12-8-20-16(2)25-17(3)28-20)26-18-9-13-27(14-10-18)15-19-7-5-6-11-23-19;/h5-7,11,18H,4,8-10,12-15H2,1-3H3,(H2,22,24,26);1H. The molecule has 160 valence electrons. The number of piperidine rings is 1. The normalized spacial score (nSPS) is 15.8. The Morgan fingerprint density at radius 1 is 1.28 bits per heavy atom. The van der Waals surface area contributed by atoms with E-state index in [1.54, 1.807) is 11.3 Å². The first-order chi connectivity index (χ1) is 13.6. The summed E-state index contributed by atoms with van der Waals surface area (Å²) >= 11 is 1.78. The molecule has 0 saturated carbocycles. The fourth-order valence-electron chi connectivity index (χ4n) is 3.54. The largest absolute Gasteiger partial charge is 0.357 e. The Hall–Kier alpha value is -1.26. The van der Waals surface area contributed by atoms with Crippen LogP contribution < -0.4 is 10.6 Å². The van der Waals surface area contributed by atoms with E-state index in [9.17, 15) is 0 Å². The average Bonchev–Trinajstić information content (AvgIpc) is 3.01. The third-order valence-corrected chi connectivity index (χ3v) is 6.13. The van der Waals surface area contributed by atoms with Crippen molar-refractivity contribution in [3.05, 3.63) is 45.7 Å². The summed E-state index contributed by atoms with van der Waals surface area (Å²) in [4.78, 5) is 17.6. The van der Waals surface area contributed by atoms with Crippen LogP contribution in [-0.4, -0.2) is 53.0 Å². The third kappa shape index (κ3) is 7.82. The van der Waals surface area contributed by atoms with Crippen molar-refractivity contribution in [3.63, 3.8) is 0 Å². The molecule has 0 atom stereocenters. The minimum Gasteiger partial charge on any atom is -0.357 e. The number of aryl methyl sites for hydroxylation is 2. The molecule has 0 amide bonds. The maximum atomic E-state index is 4.79. The molecule has 0 radical (unpaired) electrons. The predicted octanol–water partition coefficient (Wildman–Crippen LogP) is 3.54. The molecule has 1 fully saturated rings. The quantitative estimate of drug-likeness (QED) is 0.327. The monoisotopic (exact) mass is 528 g/mol. The molecule has 0 unspecified atom stereocenters. The summed E-state index contributed by atoms with van der Waals surface area (Å²) in [5.41, 5.74) is 2.30. The van der Waals surface area contributed by atoms with Gasteiger partial charge in [-0.05, 0) is 45.7 Å². The van der Waals surface area contributed by atoms with Gasteiger partial charge in [0, 0.05) is 56.3 Å². The number of hydrogen-bond donors (Lipinski definition) is 2. The van der Waals surface area contributed by atoms with E-state index in [4.69, 9.17) is 4.99 Å². The summed E-state index contributed by atoms with van der Waals surface area (Å²) in [6.45, 7) is 11.1. The molecule has 1 aliphatic heterocycles. The molecule has 0 bridgehead atoms. The van der Waals surface area contributed by atoms with E-state index in [1.165, 1.54) is 4.88 Å². The Balaban J connectivity index is 0.00000300. The number of halogens is 1. The van der Waals surface area contributed by atoms with Gasteiger partial charge in [0.05, 0.1) is 16.4 Å². The van der Waals surface area contributed by atoms with E-state index in [0.29, 0.717) is 6.04 Å². The molecular formula is C21H33IN6S. The van der Waals surface area contributed by atoms with Crippen molar-refractivity contribution >= 4 is 41.3 Å². The van der Waals surface area contributed by atoms with Crippen molar-refractivity contribution in [2.75, 3.05) is 26.2 Å². The number of thiazole rings is 1. The lowest BCUT2D eigenvalue weighted by Crippen LogP contribution is -2.48. The number of rotatable bonds is 7. The second-order valence-corrected chi connectivity index (χ2v) is 8.56. The highest BCUT2D eigenvalue weighted by Gasteiger charge is 2.20. The van der Waals surface area contributed by atoms with Crippen LogP contribution in [0.4, 0.5) is 0 Å². The first kappa shape index (κ1) is 24.0. The number of nitrogens with one attached hydrogen (secondary N) is 2. The summed E-state index contributed by atoms with van der Waals surface area (Å²) in [7, 11) is 0. The molecule has 0 aromatic carbocycles. The topological polar surface area (TPSA) is 65.4 Å². The second-order valence-electron chi connectivity index (χ2n) is 7.27. The zero-order valence-corrected chi connectivity index (χ0v) is 20.8. The van der Waals surface area contributed by atoms with Crippen LogP contribution in [0, 0.1) is 13.8 Å². The summed E-state index contributed by atoms with van der Waals surface area (Å²) < 4.78 is 0. The zero-order chi connectivity index (χ0) is 19.8. The fourth-order valence-corrected chi connectivity index (χ4v) is 4.47. The van der Waals surface area contributed by atoms with E-state index in [-0.39, 0.29) is 24.0 Å². The van der Waals surface area contributed by atoms with Gasteiger partial charge in [0.25, 0.3) is 0 Å². The number of hydrogen-bond acceptors (Lipinski definition) is 5. The van der Waals surface area contributed by atoms with E-state index in [1.807, 2.05) is 12.3 Å². The lowest BCUT2D eigenvalue weighted by molar-refractivity contribution is 0.196. The molecule has 8 heteroatoms. The van der Waals surface area contributed by atoms with Crippen molar-refractivity contribution in [1.82, 2.24) is 25.5 Å². The highest BCUT2D eigenvalue weighted by molar-refractivity contribution is 14.0. The number of guanidine groups is 1. The lowest BCUT2D eigenvalue weighted by Gasteiger charge is -2.32. The molecule has 2 aromatic rings. The molecule has 1 aliphatic rings. The Morgan fingerprint density at radius 2 is 2.07 bits per heavy atom. The third-order valence-electron chi connectivity index (χ3n) is 4.99. The molecule has 0 aliphatic carbocycles. The Labute approximate surface area is 195 Å². The highest BCUT2D eigenvalue weighted by Crippen LogP contribution is 2.17. The van der Waals surface area contributed by atoms with E-state index in [0.717, 1.165) is 74.3 Å². The molecule has 2 aromatic heterocycles. The summed E-state index contributed by atoms with van der Waals surface area (Å²) in [6.07, 6.45) is 5.09. The van der Waals surface area contributed by atoms with Gasteiger partial charge in [0.15, 0.2) is 5.96 Å². The van der Waals surface area contributed by atoms with Gasteiger partial charge in [-0.1, -0.05) is 6.07 Å². The Bertz CT molecular complexity index is 756. The van der Waals surface area contributed by atoms with Crippen LogP contribution in [0.25, 0.3) is 0 Å². The molecule has 29 heavy (non-hydrogen) atoms. The first-order valence-electron chi connectivity index (χ1n) is 10.2. The van der Waals surface area contributed by atoms with E-state index in [2.05, 4.69) is 58.4 Å². The minimum atomic E-state index is 0. The van der Waals surface area contributed by atoms with E-state index < -0.39 is 0 Å². The summed E-state index contributed by atoms with van der Waals surface area (Å²) in [6, 6.07) is 6.61. The van der Waals surface area contributed by atoms with Gasteiger partial charge in [-0.25, -0.2) is 4.98 Å². The van der Waals surface area contributed by atoms with Gasteiger partial charge in [-0.15, -0.1) is 35.3 Å². The number of aromatic nitrogens is 2. The zero-order valence-electron chi connectivity index (χ0n) is 17.6. The predicted molar refractivity (Wildman–Crippen MR) is 132 cm³/mol. The minimum absolute atomic E-state index is 0. The molecule has 3 heterocycles. The fraction of sp³-hybridized carbons (Fsp3) is 0.571. The van der Waals surface area contributed by atoms with Gasteiger partial charge in [0.1, 0.15) is 0 Å². The van der Waals surface area contributed by atoms with Crippen LogP contribution in [0.5, 0.6) is 0 Å². The van der Waals surface area contributed by atoms with Crippen LogP contribution in [0.3, 0.4) is 0 Å². The number of pyridine rings is 1. The maximum absolute atomic E-state index is 4.79. The van der Waals surface area contributed by atoms with Gasteiger partial charge in [-0.2, -0.15) is 0 Å². The lowest BCUT2D eigenvalue weighted by atomic mass is 10.0. The molecule has 3 rings (SSSR count).